The lowest BCUT2D eigenvalue weighted by Crippen LogP contribution is -2.37. The van der Waals surface area contributed by atoms with Gasteiger partial charge in [-0.3, -0.25) is 18.6 Å². The zero-order valence-corrected chi connectivity index (χ0v) is 35.6. The number of esters is 2. The van der Waals surface area contributed by atoms with Gasteiger partial charge in [0.2, 0.25) is 0 Å². The van der Waals surface area contributed by atoms with Crippen LogP contribution in [0.5, 0.6) is 0 Å². The van der Waals surface area contributed by atoms with Crippen LogP contribution in [0.15, 0.2) is 36.5 Å². The van der Waals surface area contributed by atoms with Crippen LogP contribution in [0.2, 0.25) is 0 Å². The molecule has 0 radical (unpaired) electrons. The van der Waals surface area contributed by atoms with Gasteiger partial charge in [0.05, 0.1) is 27.7 Å². The van der Waals surface area contributed by atoms with Gasteiger partial charge in [-0.2, -0.15) is 0 Å². The average Bonchev–Trinajstić information content (AvgIpc) is 3.10. The number of likely N-dealkylation sites (N-methyl/N-ethyl adjacent to an activating group) is 1. The van der Waals surface area contributed by atoms with E-state index in [0.717, 1.165) is 77.0 Å². The number of hydrogen-bond acceptors (Lipinski definition) is 7. The van der Waals surface area contributed by atoms with Crippen molar-refractivity contribution in [1.29, 1.82) is 0 Å². The molecule has 0 bridgehead atoms. The lowest BCUT2D eigenvalue weighted by molar-refractivity contribution is -0.870. The number of carbonyl (C=O) groups is 2. The smallest absolute Gasteiger partial charge is 0.462 e. The monoisotopic (exact) mass is 771 g/mol. The highest BCUT2D eigenvalue weighted by atomic mass is 31.2. The van der Waals surface area contributed by atoms with Crippen molar-refractivity contribution < 1.29 is 42.1 Å². The highest BCUT2D eigenvalue weighted by molar-refractivity contribution is 7.47. The number of phosphoric acid groups is 1. The van der Waals surface area contributed by atoms with Crippen LogP contribution in [0.3, 0.4) is 0 Å². The summed E-state index contributed by atoms with van der Waals surface area (Å²) in [6.07, 6.45) is 39.0. The summed E-state index contributed by atoms with van der Waals surface area (Å²) in [7, 11) is 1.46. The molecule has 9 nitrogen and oxygen atoms in total. The first-order chi connectivity index (χ1) is 25.5. The van der Waals surface area contributed by atoms with Gasteiger partial charge in [0.25, 0.3) is 0 Å². The van der Waals surface area contributed by atoms with E-state index in [1.165, 1.54) is 64.2 Å². The highest BCUT2D eigenvalue weighted by Gasteiger charge is 2.27. The van der Waals surface area contributed by atoms with E-state index < -0.39 is 26.5 Å². The summed E-state index contributed by atoms with van der Waals surface area (Å²) < 4.78 is 34.2. The minimum absolute atomic E-state index is 0.0272. The van der Waals surface area contributed by atoms with Gasteiger partial charge in [-0.05, 0) is 64.2 Å². The molecule has 0 amide bonds. The fourth-order valence-electron chi connectivity index (χ4n) is 5.53. The summed E-state index contributed by atoms with van der Waals surface area (Å²) in [6, 6.07) is 0. The molecule has 2 atom stereocenters. The largest absolute Gasteiger partial charge is 0.472 e. The van der Waals surface area contributed by atoms with Crippen LogP contribution in [0, 0.1) is 0 Å². The molecule has 0 fully saturated rings. The maximum absolute atomic E-state index is 12.7. The van der Waals surface area contributed by atoms with Crippen molar-refractivity contribution in [2.75, 3.05) is 47.5 Å². The molecule has 0 aliphatic carbocycles. The third-order valence-electron chi connectivity index (χ3n) is 8.92. The van der Waals surface area contributed by atoms with Gasteiger partial charge in [-0.25, -0.2) is 4.57 Å². The molecule has 0 spiro atoms. The number of nitrogens with zero attached hydrogens (tertiary/aromatic N) is 1. The lowest BCUT2D eigenvalue weighted by Gasteiger charge is -2.24. The molecule has 0 aromatic carbocycles. The van der Waals surface area contributed by atoms with Crippen molar-refractivity contribution in [3.8, 4) is 0 Å². The lowest BCUT2D eigenvalue weighted by atomic mass is 10.1. The summed E-state index contributed by atoms with van der Waals surface area (Å²) in [6.45, 7) is 4.36. The summed E-state index contributed by atoms with van der Waals surface area (Å²) in [5.74, 6) is -0.827. The molecule has 1 unspecified atom stereocenters. The summed E-state index contributed by atoms with van der Waals surface area (Å²) >= 11 is 0. The van der Waals surface area contributed by atoms with E-state index in [-0.39, 0.29) is 32.0 Å². The van der Waals surface area contributed by atoms with E-state index in [9.17, 15) is 19.0 Å². The Balaban J connectivity index is 4.43. The molecular formula is C43H81NO8P+. The van der Waals surface area contributed by atoms with E-state index in [4.69, 9.17) is 18.5 Å². The van der Waals surface area contributed by atoms with Gasteiger partial charge in [0.1, 0.15) is 19.8 Å². The fourth-order valence-corrected chi connectivity index (χ4v) is 6.27. The van der Waals surface area contributed by atoms with Crippen molar-refractivity contribution in [2.45, 2.75) is 180 Å². The topological polar surface area (TPSA) is 108 Å². The molecule has 0 aliphatic heterocycles. The van der Waals surface area contributed by atoms with Gasteiger partial charge in [0, 0.05) is 12.8 Å². The van der Waals surface area contributed by atoms with Crippen LogP contribution in [-0.2, 0) is 32.7 Å². The van der Waals surface area contributed by atoms with Crippen LogP contribution in [-0.4, -0.2) is 74.9 Å². The first-order valence-electron chi connectivity index (χ1n) is 21.2. The maximum atomic E-state index is 12.7. The minimum Gasteiger partial charge on any atom is -0.462 e. The summed E-state index contributed by atoms with van der Waals surface area (Å²) in [5, 5.41) is 0. The van der Waals surface area contributed by atoms with Crippen LogP contribution in [0.1, 0.15) is 174 Å². The van der Waals surface area contributed by atoms with Crippen LogP contribution >= 0.6 is 7.82 Å². The Labute approximate surface area is 325 Å². The minimum atomic E-state index is -4.38. The van der Waals surface area contributed by atoms with Gasteiger partial charge >= 0.3 is 19.8 Å². The Morgan fingerprint density at radius 1 is 0.585 bits per heavy atom. The van der Waals surface area contributed by atoms with Crippen LogP contribution < -0.4 is 0 Å². The SMILES string of the molecule is CCCCCC/C=C/C=C/CCCCCCCC(=O)OC[C@H](COP(=O)(O)OCC[N+](C)(C)C)OC(=O)CCCCCCC/C=C/CCCCCCC. The molecule has 0 rings (SSSR count). The molecule has 1 N–H and O–H groups in total. The van der Waals surface area contributed by atoms with Crippen molar-refractivity contribution >= 4 is 19.8 Å². The highest BCUT2D eigenvalue weighted by Crippen LogP contribution is 2.43. The second kappa shape index (κ2) is 35.9. The normalized spacial score (nSPS) is 14.0. The summed E-state index contributed by atoms with van der Waals surface area (Å²) in [4.78, 5) is 35.3. The number of carbonyl (C=O) groups excluding carboxylic acids is 2. The van der Waals surface area contributed by atoms with Gasteiger partial charge in [-0.15, -0.1) is 0 Å². The van der Waals surface area contributed by atoms with Gasteiger partial charge in [0.15, 0.2) is 6.10 Å². The van der Waals surface area contributed by atoms with Crippen molar-refractivity contribution in [3.05, 3.63) is 36.5 Å². The average molecular weight is 771 g/mol. The number of hydrogen-bond donors (Lipinski definition) is 1. The van der Waals surface area contributed by atoms with Crippen LogP contribution in [0.4, 0.5) is 0 Å². The third-order valence-corrected chi connectivity index (χ3v) is 9.90. The fraction of sp³-hybridized carbons (Fsp3) is 0.814. The Morgan fingerprint density at radius 3 is 1.53 bits per heavy atom. The third kappa shape index (κ3) is 39.7. The number of ether oxygens (including phenoxy) is 2. The first kappa shape index (κ1) is 51.2. The molecule has 10 heteroatoms. The summed E-state index contributed by atoms with van der Waals surface area (Å²) in [5.41, 5.74) is 0. The Bertz CT molecular complexity index is 1010. The maximum Gasteiger partial charge on any atom is 0.472 e. The number of quaternary nitrogens is 1. The van der Waals surface area contributed by atoms with Crippen molar-refractivity contribution in [1.82, 2.24) is 0 Å². The standard InChI is InChI=1S/C43H80NO8P/c1-6-8-10-12-14-16-18-20-22-24-25-27-29-31-33-35-42(45)49-39-41(40-51-53(47,48)50-38-37-44(3,4)5)52-43(46)36-34-32-30-28-26-23-21-19-17-15-13-11-9-7-2/h16,18-22,41H,6-15,17,23-40H2,1-5H3/p+1/b18-16+,21-19+,22-20+/t41-/m1/s1. The van der Waals surface area contributed by atoms with Gasteiger partial charge < -0.3 is 18.9 Å². The number of allylic oxidation sites excluding steroid dienone is 6. The number of phosphoric ester groups is 1. The number of rotatable bonds is 38. The quantitative estimate of drug-likeness (QED) is 0.0165. The predicted octanol–water partition coefficient (Wildman–Crippen LogP) is 11.7. The molecule has 53 heavy (non-hydrogen) atoms. The first-order valence-corrected chi connectivity index (χ1v) is 22.7. The molecule has 0 saturated heterocycles. The van der Waals surface area contributed by atoms with E-state index >= 15 is 0 Å². The zero-order chi connectivity index (χ0) is 39.3. The molecular weight excluding hydrogens is 689 g/mol. The second-order valence-electron chi connectivity index (χ2n) is 15.4. The molecule has 0 aromatic rings. The Hall–Kier alpha value is -1.77. The number of unbranched alkanes of at least 4 members (excludes halogenated alkanes) is 19. The molecule has 310 valence electrons. The van der Waals surface area contributed by atoms with E-state index in [1.54, 1.807) is 0 Å². The van der Waals surface area contributed by atoms with Gasteiger partial charge in [-0.1, -0.05) is 134 Å². The van der Waals surface area contributed by atoms with Crippen molar-refractivity contribution in [3.63, 3.8) is 0 Å². The molecule has 0 saturated carbocycles. The second-order valence-corrected chi connectivity index (χ2v) is 16.9. The zero-order valence-electron chi connectivity index (χ0n) is 34.7. The molecule has 0 aromatic heterocycles. The molecule has 0 heterocycles. The van der Waals surface area contributed by atoms with Crippen LogP contribution in [0.25, 0.3) is 0 Å². The Morgan fingerprint density at radius 2 is 1.02 bits per heavy atom. The van der Waals surface area contributed by atoms with Crippen molar-refractivity contribution in [2.24, 2.45) is 0 Å². The molecule has 0 aliphatic rings. The van der Waals surface area contributed by atoms with E-state index in [2.05, 4.69) is 50.3 Å². The van der Waals surface area contributed by atoms with E-state index in [1.807, 2.05) is 21.1 Å². The van der Waals surface area contributed by atoms with E-state index in [0.29, 0.717) is 17.4 Å². The Kier molecular flexibility index (Phi) is 34.7. The predicted molar refractivity (Wildman–Crippen MR) is 220 cm³/mol.